The Kier molecular flexibility index (Phi) is 8.48. The molecule has 0 saturated carbocycles. The van der Waals surface area contributed by atoms with E-state index in [2.05, 4.69) is 11.6 Å². The number of hydrogen-bond acceptors (Lipinski definition) is 3. The summed E-state index contributed by atoms with van der Waals surface area (Å²) in [5.41, 5.74) is 2.16. The maximum absolute atomic E-state index is 12.8. The monoisotopic (exact) mass is 389 g/mol. The predicted octanol–water partition coefficient (Wildman–Crippen LogP) is 4.69. The Morgan fingerprint density at radius 1 is 1.04 bits per heavy atom. The first kappa shape index (κ1) is 21.6. The van der Waals surface area contributed by atoms with E-state index in [9.17, 15) is 8.42 Å². The molecule has 0 spiro atoms. The van der Waals surface area contributed by atoms with Crippen molar-refractivity contribution in [1.82, 2.24) is 4.72 Å². The quantitative estimate of drug-likeness (QED) is 0.607. The second-order valence-electron chi connectivity index (χ2n) is 7.16. The molecule has 0 fully saturated rings. The van der Waals surface area contributed by atoms with Crippen LogP contribution >= 0.6 is 0 Å². The van der Waals surface area contributed by atoms with Crippen LogP contribution in [0, 0.1) is 12.8 Å². The fourth-order valence-electron chi connectivity index (χ4n) is 2.92. The number of benzene rings is 2. The molecule has 0 aliphatic carbocycles. The topological polar surface area (TPSA) is 55.4 Å². The van der Waals surface area contributed by atoms with E-state index in [0.717, 1.165) is 30.4 Å². The number of sulfonamides is 1. The highest BCUT2D eigenvalue weighted by Gasteiger charge is 2.24. The number of nitrogens with one attached hydrogen (secondary N) is 1. The highest BCUT2D eigenvalue weighted by molar-refractivity contribution is 7.89. The van der Waals surface area contributed by atoms with Gasteiger partial charge in [-0.05, 0) is 37.0 Å². The van der Waals surface area contributed by atoms with E-state index >= 15 is 0 Å². The zero-order chi connectivity index (χ0) is 19.7. The molecule has 0 aliphatic rings. The molecule has 0 radical (unpaired) electrons. The molecule has 4 nitrogen and oxygen atoms in total. The second-order valence-corrected chi connectivity index (χ2v) is 8.88. The van der Waals surface area contributed by atoms with Crippen LogP contribution in [0.5, 0.6) is 0 Å². The molecule has 2 atom stereocenters. The molecule has 0 bridgehead atoms. The van der Waals surface area contributed by atoms with Gasteiger partial charge in [0.1, 0.15) is 0 Å². The van der Waals surface area contributed by atoms with Crippen LogP contribution in [0.2, 0.25) is 0 Å². The van der Waals surface area contributed by atoms with E-state index in [-0.39, 0.29) is 12.0 Å². The molecule has 0 heterocycles. The standard InChI is InChI=1S/C22H31NO3S/c1-4-5-11-22(19(3)16-26-17-20-9-7-6-8-10-20)23-27(24,25)21-14-12-18(2)13-15-21/h6-10,12-15,19,22-23H,4-5,11,16-17H2,1-3H3/t19-,22+/m0/s1. The Morgan fingerprint density at radius 2 is 1.70 bits per heavy atom. The first-order valence-corrected chi connectivity index (χ1v) is 11.1. The average molecular weight is 390 g/mol. The Balaban J connectivity index is 1.99. The van der Waals surface area contributed by atoms with Gasteiger partial charge < -0.3 is 4.74 Å². The van der Waals surface area contributed by atoms with Crippen LogP contribution in [0.15, 0.2) is 59.5 Å². The minimum absolute atomic E-state index is 0.0838. The number of rotatable bonds is 11. The smallest absolute Gasteiger partial charge is 0.240 e. The maximum atomic E-state index is 12.8. The second kappa shape index (κ2) is 10.6. The highest BCUT2D eigenvalue weighted by atomic mass is 32.2. The van der Waals surface area contributed by atoms with Crippen molar-refractivity contribution in [2.75, 3.05) is 6.61 Å². The molecular formula is C22H31NO3S. The van der Waals surface area contributed by atoms with Crippen molar-refractivity contribution in [3.63, 3.8) is 0 Å². The summed E-state index contributed by atoms with van der Waals surface area (Å²) in [6, 6.07) is 16.8. The average Bonchev–Trinajstić information content (AvgIpc) is 2.66. The summed E-state index contributed by atoms with van der Waals surface area (Å²) in [6.45, 7) is 7.15. The summed E-state index contributed by atoms with van der Waals surface area (Å²) in [5.74, 6) is 0.0838. The van der Waals surface area contributed by atoms with E-state index in [1.54, 1.807) is 12.1 Å². The molecule has 0 aromatic heterocycles. The first-order chi connectivity index (χ1) is 12.9. The van der Waals surface area contributed by atoms with E-state index in [4.69, 9.17) is 4.74 Å². The third-order valence-corrected chi connectivity index (χ3v) is 6.19. The molecule has 1 N–H and O–H groups in total. The van der Waals surface area contributed by atoms with Crippen molar-refractivity contribution in [3.8, 4) is 0 Å². The number of aryl methyl sites for hydroxylation is 1. The Morgan fingerprint density at radius 3 is 2.33 bits per heavy atom. The molecule has 0 saturated heterocycles. The summed E-state index contributed by atoms with van der Waals surface area (Å²) in [4.78, 5) is 0.312. The van der Waals surface area contributed by atoms with Gasteiger partial charge in [0.2, 0.25) is 10.0 Å². The number of ether oxygens (including phenoxy) is 1. The van der Waals surface area contributed by atoms with Crippen molar-refractivity contribution >= 4 is 10.0 Å². The van der Waals surface area contributed by atoms with Crippen LogP contribution in [0.3, 0.4) is 0 Å². The molecule has 2 aromatic rings. The van der Waals surface area contributed by atoms with Crippen molar-refractivity contribution in [3.05, 3.63) is 65.7 Å². The summed E-state index contributed by atoms with van der Waals surface area (Å²) in [5, 5.41) is 0. The van der Waals surface area contributed by atoms with E-state index < -0.39 is 10.0 Å². The Bertz CT molecular complexity index is 773. The highest BCUT2D eigenvalue weighted by Crippen LogP contribution is 2.17. The zero-order valence-corrected chi connectivity index (χ0v) is 17.3. The molecule has 2 aromatic carbocycles. The van der Waals surface area contributed by atoms with E-state index in [0.29, 0.717) is 18.1 Å². The van der Waals surface area contributed by atoms with Gasteiger partial charge in [-0.1, -0.05) is 74.7 Å². The van der Waals surface area contributed by atoms with Crippen LogP contribution in [0.4, 0.5) is 0 Å². The normalized spacial score (nSPS) is 14.0. The van der Waals surface area contributed by atoms with Crippen LogP contribution in [-0.2, 0) is 21.4 Å². The predicted molar refractivity (Wildman–Crippen MR) is 110 cm³/mol. The van der Waals surface area contributed by atoms with Gasteiger partial charge in [-0.3, -0.25) is 0 Å². The molecule has 0 aliphatic heterocycles. The fourth-order valence-corrected chi connectivity index (χ4v) is 4.30. The zero-order valence-electron chi connectivity index (χ0n) is 16.5. The summed E-state index contributed by atoms with van der Waals surface area (Å²) in [7, 11) is -3.53. The lowest BCUT2D eigenvalue weighted by atomic mass is 9.98. The summed E-state index contributed by atoms with van der Waals surface area (Å²) >= 11 is 0. The molecule has 0 amide bonds. The van der Waals surface area contributed by atoms with Crippen LogP contribution in [0.25, 0.3) is 0 Å². The maximum Gasteiger partial charge on any atom is 0.240 e. The van der Waals surface area contributed by atoms with Gasteiger partial charge in [0.05, 0.1) is 18.1 Å². The lowest BCUT2D eigenvalue weighted by molar-refractivity contribution is 0.0808. The van der Waals surface area contributed by atoms with Crippen molar-refractivity contribution in [2.45, 2.75) is 57.6 Å². The Labute approximate surface area is 164 Å². The minimum Gasteiger partial charge on any atom is -0.376 e. The largest absolute Gasteiger partial charge is 0.376 e. The molecular weight excluding hydrogens is 358 g/mol. The Hall–Kier alpha value is -1.69. The number of unbranched alkanes of at least 4 members (excludes halogenated alkanes) is 1. The lowest BCUT2D eigenvalue weighted by Crippen LogP contribution is -2.41. The van der Waals surface area contributed by atoms with Gasteiger partial charge in [0.25, 0.3) is 0 Å². The summed E-state index contributed by atoms with van der Waals surface area (Å²) < 4.78 is 34.3. The molecule has 148 valence electrons. The minimum atomic E-state index is -3.53. The fraction of sp³-hybridized carbons (Fsp3) is 0.455. The van der Waals surface area contributed by atoms with Crippen LogP contribution in [-0.4, -0.2) is 21.1 Å². The van der Waals surface area contributed by atoms with Crippen LogP contribution < -0.4 is 4.72 Å². The van der Waals surface area contributed by atoms with Gasteiger partial charge in [0.15, 0.2) is 0 Å². The van der Waals surface area contributed by atoms with Crippen molar-refractivity contribution in [2.24, 2.45) is 5.92 Å². The van der Waals surface area contributed by atoms with E-state index in [1.807, 2.05) is 56.3 Å². The third-order valence-electron chi connectivity index (χ3n) is 4.69. The molecule has 5 heteroatoms. The third kappa shape index (κ3) is 7.09. The molecule has 2 rings (SSSR count). The molecule has 0 unspecified atom stereocenters. The van der Waals surface area contributed by atoms with Gasteiger partial charge in [-0.15, -0.1) is 0 Å². The van der Waals surface area contributed by atoms with Crippen LogP contribution in [0.1, 0.15) is 44.2 Å². The van der Waals surface area contributed by atoms with Crippen molar-refractivity contribution in [1.29, 1.82) is 0 Å². The van der Waals surface area contributed by atoms with Gasteiger partial charge >= 0.3 is 0 Å². The van der Waals surface area contributed by atoms with Gasteiger partial charge in [0, 0.05) is 6.04 Å². The molecule has 27 heavy (non-hydrogen) atoms. The van der Waals surface area contributed by atoms with Gasteiger partial charge in [-0.2, -0.15) is 0 Å². The lowest BCUT2D eigenvalue weighted by Gasteiger charge is -2.25. The van der Waals surface area contributed by atoms with E-state index in [1.165, 1.54) is 0 Å². The summed E-state index contributed by atoms with van der Waals surface area (Å²) in [6.07, 6.45) is 2.81. The SMILES string of the molecule is CCCC[C@@H](NS(=O)(=O)c1ccc(C)cc1)[C@@H](C)COCc1ccccc1. The van der Waals surface area contributed by atoms with Crippen molar-refractivity contribution < 1.29 is 13.2 Å². The van der Waals surface area contributed by atoms with Gasteiger partial charge in [-0.25, -0.2) is 13.1 Å². The number of hydrogen-bond donors (Lipinski definition) is 1. The first-order valence-electron chi connectivity index (χ1n) is 9.63.